The van der Waals surface area contributed by atoms with Gasteiger partial charge in [-0.25, -0.2) is 0 Å². The summed E-state index contributed by atoms with van der Waals surface area (Å²) in [6.07, 6.45) is 1.60. The van der Waals surface area contributed by atoms with Gasteiger partial charge >= 0.3 is 0 Å². The zero-order chi connectivity index (χ0) is 18.0. The summed E-state index contributed by atoms with van der Waals surface area (Å²) in [5, 5.41) is 9.85. The summed E-state index contributed by atoms with van der Waals surface area (Å²) in [6.45, 7) is 0.168. The fourth-order valence-electron chi connectivity index (χ4n) is 2.39. The van der Waals surface area contributed by atoms with E-state index < -0.39 is 0 Å². The van der Waals surface area contributed by atoms with Gasteiger partial charge in [-0.15, -0.1) is 0 Å². The van der Waals surface area contributed by atoms with Crippen LogP contribution in [0.3, 0.4) is 0 Å². The van der Waals surface area contributed by atoms with Crippen LogP contribution in [0.25, 0.3) is 6.08 Å². The van der Waals surface area contributed by atoms with Crippen molar-refractivity contribution in [1.82, 2.24) is 4.90 Å². The zero-order valence-corrected chi connectivity index (χ0v) is 14.8. The zero-order valence-electron chi connectivity index (χ0n) is 13.2. The van der Waals surface area contributed by atoms with Crippen LogP contribution in [0.1, 0.15) is 11.1 Å². The fraction of sp³-hybridized carbons (Fsp3) is 0.111. The van der Waals surface area contributed by atoms with Crippen LogP contribution in [-0.2, 0) is 11.3 Å². The van der Waals surface area contributed by atoms with E-state index in [0.29, 0.717) is 21.2 Å². The van der Waals surface area contributed by atoms with Crippen molar-refractivity contribution in [2.45, 2.75) is 6.54 Å². The lowest BCUT2D eigenvalue weighted by atomic mass is 10.1. The maximum atomic E-state index is 12.5. The van der Waals surface area contributed by atoms with E-state index in [-0.39, 0.29) is 23.4 Å². The molecule has 0 saturated carbocycles. The predicted molar refractivity (Wildman–Crippen MR) is 97.6 cm³/mol. The summed E-state index contributed by atoms with van der Waals surface area (Å²) in [6, 6.07) is 11.7. The molecular weight excluding hydrogens is 362 g/mol. The Morgan fingerprint density at radius 1 is 1.24 bits per heavy atom. The molecule has 0 atom stereocenters. The van der Waals surface area contributed by atoms with E-state index in [1.807, 2.05) is 6.07 Å². The number of hydrogen-bond acceptors (Lipinski definition) is 5. The summed E-state index contributed by atoms with van der Waals surface area (Å²) >= 11 is 6.82. The van der Waals surface area contributed by atoms with Crippen molar-refractivity contribution in [3.63, 3.8) is 0 Å². The second-order valence-electron chi connectivity index (χ2n) is 5.33. The Bertz CT molecular complexity index is 881. The Kier molecular flexibility index (Phi) is 5.01. The number of rotatable bonds is 4. The van der Waals surface area contributed by atoms with Crippen molar-refractivity contribution >= 4 is 40.6 Å². The Balaban J connectivity index is 1.83. The van der Waals surface area contributed by atoms with Crippen LogP contribution in [0.5, 0.6) is 11.5 Å². The van der Waals surface area contributed by atoms with Crippen molar-refractivity contribution in [3.05, 3.63) is 63.5 Å². The van der Waals surface area contributed by atoms with Crippen molar-refractivity contribution < 1.29 is 19.4 Å². The Morgan fingerprint density at radius 2 is 2.04 bits per heavy atom. The van der Waals surface area contributed by atoms with E-state index in [4.69, 9.17) is 16.3 Å². The molecular formula is C18H14ClNO4S. The number of phenolic OH excluding ortho intramolecular Hbond substituents is 1. The lowest BCUT2D eigenvalue weighted by Gasteiger charge is -2.12. The topological polar surface area (TPSA) is 66.8 Å². The van der Waals surface area contributed by atoms with E-state index in [2.05, 4.69) is 0 Å². The molecule has 0 aliphatic carbocycles. The van der Waals surface area contributed by atoms with E-state index in [1.165, 1.54) is 18.1 Å². The number of halogens is 1. The summed E-state index contributed by atoms with van der Waals surface area (Å²) in [5.74, 6) is -0.0531. The van der Waals surface area contributed by atoms with Crippen LogP contribution in [0, 0.1) is 0 Å². The summed E-state index contributed by atoms with van der Waals surface area (Å²) in [4.78, 5) is 26.2. The SMILES string of the molecule is COc1cc(/C=C2\SC(=O)N(Cc3cccc(Cl)c3)C2=O)ccc1O. The Labute approximate surface area is 153 Å². The minimum Gasteiger partial charge on any atom is -0.504 e. The fourth-order valence-corrected chi connectivity index (χ4v) is 3.44. The van der Waals surface area contributed by atoms with Gasteiger partial charge in [-0.2, -0.15) is 0 Å². The van der Waals surface area contributed by atoms with Crippen LogP contribution in [0.4, 0.5) is 4.79 Å². The highest BCUT2D eigenvalue weighted by molar-refractivity contribution is 8.18. The predicted octanol–water partition coefficient (Wildman–Crippen LogP) is 4.29. The molecule has 1 aliphatic heterocycles. The first-order chi connectivity index (χ1) is 12.0. The third kappa shape index (κ3) is 3.81. The van der Waals surface area contributed by atoms with Crippen molar-refractivity contribution in [2.24, 2.45) is 0 Å². The number of imide groups is 1. The molecule has 0 bridgehead atoms. The lowest BCUT2D eigenvalue weighted by molar-refractivity contribution is -0.123. The first-order valence-electron chi connectivity index (χ1n) is 7.35. The number of amides is 2. The number of nitrogens with zero attached hydrogens (tertiary/aromatic N) is 1. The van der Waals surface area contributed by atoms with Gasteiger partial charge < -0.3 is 9.84 Å². The molecule has 0 radical (unpaired) electrons. The Morgan fingerprint density at radius 3 is 2.76 bits per heavy atom. The highest BCUT2D eigenvalue weighted by Crippen LogP contribution is 2.35. The third-order valence-corrected chi connectivity index (χ3v) is 4.75. The minimum absolute atomic E-state index is 0.00807. The molecule has 2 aromatic rings. The largest absolute Gasteiger partial charge is 0.504 e. The third-order valence-electron chi connectivity index (χ3n) is 3.60. The normalized spacial score (nSPS) is 15.9. The van der Waals surface area contributed by atoms with Gasteiger partial charge in [-0.1, -0.05) is 29.8 Å². The van der Waals surface area contributed by atoms with Gasteiger partial charge in [0.15, 0.2) is 11.5 Å². The first kappa shape index (κ1) is 17.4. The highest BCUT2D eigenvalue weighted by Gasteiger charge is 2.35. The molecule has 0 spiro atoms. The molecule has 7 heteroatoms. The van der Waals surface area contributed by atoms with E-state index >= 15 is 0 Å². The summed E-state index contributed by atoms with van der Waals surface area (Å²) in [5.41, 5.74) is 1.44. The number of thioether (sulfide) groups is 1. The van der Waals surface area contributed by atoms with Gasteiger partial charge in [-0.3, -0.25) is 14.5 Å². The molecule has 1 aliphatic rings. The summed E-state index contributed by atoms with van der Waals surface area (Å²) in [7, 11) is 1.44. The van der Waals surface area contributed by atoms with Crippen LogP contribution in [0.2, 0.25) is 5.02 Å². The van der Waals surface area contributed by atoms with Gasteiger partial charge in [0.2, 0.25) is 0 Å². The van der Waals surface area contributed by atoms with Gasteiger partial charge in [0.1, 0.15) is 0 Å². The smallest absolute Gasteiger partial charge is 0.293 e. The average Bonchev–Trinajstić information content (AvgIpc) is 2.84. The van der Waals surface area contributed by atoms with Crippen LogP contribution in [-0.4, -0.2) is 28.3 Å². The van der Waals surface area contributed by atoms with Gasteiger partial charge in [-0.05, 0) is 53.2 Å². The number of carbonyl (C=O) groups excluding carboxylic acids is 2. The van der Waals surface area contributed by atoms with Crippen molar-refractivity contribution in [3.8, 4) is 11.5 Å². The van der Waals surface area contributed by atoms with Gasteiger partial charge in [0.25, 0.3) is 11.1 Å². The standard InChI is InChI=1S/C18H14ClNO4S/c1-24-15-8-11(5-6-14(15)21)9-16-17(22)20(18(23)25-16)10-12-3-2-4-13(19)7-12/h2-9,21H,10H2,1H3/b16-9-. The molecule has 2 aromatic carbocycles. The van der Waals surface area contributed by atoms with E-state index in [1.54, 1.807) is 36.4 Å². The number of aromatic hydroxyl groups is 1. The molecule has 0 unspecified atom stereocenters. The molecule has 25 heavy (non-hydrogen) atoms. The van der Waals surface area contributed by atoms with Gasteiger partial charge in [0, 0.05) is 5.02 Å². The second-order valence-corrected chi connectivity index (χ2v) is 6.76. The number of ether oxygens (including phenoxy) is 1. The monoisotopic (exact) mass is 375 g/mol. The van der Waals surface area contributed by atoms with E-state index in [9.17, 15) is 14.7 Å². The molecule has 1 heterocycles. The minimum atomic E-state index is -0.359. The molecule has 1 saturated heterocycles. The quantitative estimate of drug-likeness (QED) is 0.807. The molecule has 1 fully saturated rings. The maximum absolute atomic E-state index is 12.5. The number of hydrogen-bond donors (Lipinski definition) is 1. The number of carbonyl (C=O) groups is 2. The molecule has 2 amide bonds. The number of methoxy groups -OCH3 is 1. The molecule has 128 valence electrons. The second kappa shape index (κ2) is 7.21. The molecule has 5 nitrogen and oxygen atoms in total. The van der Waals surface area contributed by atoms with Crippen LogP contribution < -0.4 is 4.74 Å². The maximum Gasteiger partial charge on any atom is 0.293 e. The van der Waals surface area contributed by atoms with Crippen LogP contribution >= 0.6 is 23.4 Å². The number of benzene rings is 2. The molecule has 1 N–H and O–H groups in total. The highest BCUT2D eigenvalue weighted by atomic mass is 35.5. The van der Waals surface area contributed by atoms with Crippen molar-refractivity contribution in [2.75, 3.05) is 7.11 Å². The molecule has 0 aromatic heterocycles. The number of phenols is 1. The lowest BCUT2D eigenvalue weighted by Crippen LogP contribution is -2.27. The Hall–Kier alpha value is -2.44. The first-order valence-corrected chi connectivity index (χ1v) is 8.54. The van der Waals surface area contributed by atoms with Crippen LogP contribution in [0.15, 0.2) is 47.4 Å². The molecule has 3 rings (SSSR count). The average molecular weight is 376 g/mol. The van der Waals surface area contributed by atoms with Gasteiger partial charge in [0.05, 0.1) is 18.6 Å². The summed E-state index contributed by atoms with van der Waals surface area (Å²) < 4.78 is 5.05. The van der Waals surface area contributed by atoms with E-state index in [0.717, 1.165) is 17.3 Å². The van der Waals surface area contributed by atoms with Crippen molar-refractivity contribution in [1.29, 1.82) is 0 Å².